The lowest BCUT2D eigenvalue weighted by atomic mass is 9.86. The zero-order valence-electron chi connectivity index (χ0n) is 27.1. The minimum absolute atomic E-state index is 0.105. The molecule has 0 aliphatic carbocycles. The minimum atomic E-state index is -4.30. The fourth-order valence-electron chi connectivity index (χ4n) is 5.22. The summed E-state index contributed by atoms with van der Waals surface area (Å²) in [6.07, 6.45) is -3.85. The van der Waals surface area contributed by atoms with Crippen LogP contribution in [-0.2, 0) is 35.0 Å². The van der Waals surface area contributed by atoms with Gasteiger partial charge in [0.1, 0.15) is 18.8 Å². The minimum Gasteiger partial charge on any atom is -0.493 e. The maximum absolute atomic E-state index is 13.4. The molecule has 0 spiro atoms. The molecule has 2 aromatic rings. The number of methoxy groups -OCH3 is 1. The van der Waals surface area contributed by atoms with Crippen molar-refractivity contribution in [3.63, 3.8) is 0 Å². The first-order valence-electron chi connectivity index (χ1n) is 15.6. The molecule has 11 nitrogen and oxygen atoms in total. The summed E-state index contributed by atoms with van der Waals surface area (Å²) in [6, 6.07) is 8.32. The third kappa shape index (κ3) is 12.3. The highest BCUT2D eigenvalue weighted by molar-refractivity contribution is 5.98. The van der Waals surface area contributed by atoms with Crippen molar-refractivity contribution < 1.29 is 56.0 Å². The zero-order chi connectivity index (χ0) is 34.4. The fourth-order valence-corrected chi connectivity index (χ4v) is 5.22. The Morgan fingerprint density at radius 1 is 1.13 bits per heavy atom. The third-order valence-electron chi connectivity index (χ3n) is 7.57. The Hall–Kier alpha value is -3.91. The van der Waals surface area contributed by atoms with E-state index in [9.17, 15) is 27.6 Å². The Labute approximate surface area is 272 Å². The van der Waals surface area contributed by atoms with Gasteiger partial charge in [-0.3, -0.25) is 4.79 Å². The standard InChI is InChI=1S/C33H43F3N2O9/c1-5-43-19-27(39)45-20-46-30-26(42-4)14-16-37-28(30)31(40)38-25-9-6-8-24(18-23-12-10-21(2)11-13-23)29(22(3)47-32(25)41)44-17-7-15-33(34,35)36/h10-14,16,22,24-25,29H,5-9,15,17-20H2,1-4H3,(H,38,40). The number of carbonyl (C=O) groups excluding carboxylic acids is 3. The number of carbonyl (C=O) groups is 3. The van der Waals surface area contributed by atoms with Crippen molar-refractivity contribution in [1.29, 1.82) is 0 Å². The molecule has 0 bridgehead atoms. The average molecular weight is 669 g/mol. The van der Waals surface area contributed by atoms with Crippen molar-refractivity contribution in [2.45, 2.75) is 83.7 Å². The molecular weight excluding hydrogens is 625 g/mol. The predicted octanol–water partition coefficient (Wildman–Crippen LogP) is 5.12. The van der Waals surface area contributed by atoms with Gasteiger partial charge in [-0.2, -0.15) is 13.2 Å². The molecule has 2 heterocycles. The number of esters is 2. The molecule has 4 unspecified atom stereocenters. The number of benzene rings is 1. The number of nitrogens with one attached hydrogen (secondary N) is 1. The van der Waals surface area contributed by atoms with Gasteiger partial charge in [-0.05, 0) is 57.9 Å². The van der Waals surface area contributed by atoms with E-state index in [1.165, 1.54) is 19.4 Å². The van der Waals surface area contributed by atoms with Crippen molar-refractivity contribution in [1.82, 2.24) is 10.3 Å². The summed E-state index contributed by atoms with van der Waals surface area (Å²) in [5.74, 6) is -2.29. The van der Waals surface area contributed by atoms with Crippen LogP contribution in [0.3, 0.4) is 0 Å². The summed E-state index contributed by atoms with van der Waals surface area (Å²) < 4.78 is 70.9. The second-order valence-electron chi connectivity index (χ2n) is 11.2. The largest absolute Gasteiger partial charge is 0.493 e. The van der Waals surface area contributed by atoms with Crippen LogP contribution in [0.1, 0.15) is 67.6 Å². The van der Waals surface area contributed by atoms with Crippen molar-refractivity contribution in [3.8, 4) is 11.5 Å². The molecule has 4 atom stereocenters. The number of hydrogen-bond acceptors (Lipinski definition) is 10. The van der Waals surface area contributed by atoms with Crippen LogP contribution < -0.4 is 14.8 Å². The molecule has 1 fully saturated rings. The number of hydrogen-bond donors (Lipinski definition) is 1. The molecule has 1 aliphatic heterocycles. The Balaban J connectivity index is 1.75. The van der Waals surface area contributed by atoms with Gasteiger partial charge in [0, 0.05) is 31.9 Å². The number of ether oxygens (including phenoxy) is 6. The Kier molecular flexibility index (Phi) is 14.7. The average Bonchev–Trinajstić information content (AvgIpc) is 3.07. The maximum Gasteiger partial charge on any atom is 0.389 e. The summed E-state index contributed by atoms with van der Waals surface area (Å²) in [7, 11) is 1.36. The molecule has 1 aliphatic rings. The summed E-state index contributed by atoms with van der Waals surface area (Å²) in [5.41, 5.74) is 1.90. The van der Waals surface area contributed by atoms with E-state index in [2.05, 4.69) is 10.3 Å². The summed E-state index contributed by atoms with van der Waals surface area (Å²) in [4.78, 5) is 42.7. The van der Waals surface area contributed by atoms with E-state index in [0.29, 0.717) is 25.9 Å². The summed E-state index contributed by atoms with van der Waals surface area (Å²) in [6.45, 7) is 4.68. The first-order chi connectivity index (χ1) is 22.4. The molecule has 47 heavy (non-hydrogen) atoms. The second kappa shape index (κ2) is 18.4. The topological polar surface area (TPSA) is 132 Å². The number of amides is 1. The zero-order valence-corrected chi connectivity index (χ0v) is 27.1. The first kappa shape index (κ1) is 37.5. The molecule has 1 saturated heterocycles. The molecular formula is C33H43F3N2O9. The smallest absolute Gasteiger partial charge is 0.389 e. The number of aryl methyl sites for hydroxylation is 1. The number of cyclic esters (lactones) is 1. The van der Waals surface area contributed by atoms with Gasteiger partial charge in [0.2, 0.25) is 6.79 Å². The van der Waals surface area contributed by atoms with Crippen LogP contribution in [0.15, 0.2) is 36.5 Å². The Bertz CT molecular complexity index is 1310. The van der Waals surface area contributed by atoms with Crippen LogP contribution in [0, 0.1) is 12.8 Å². The van der Waals surface area contributed by atoms with Crippen LogP contribution in [0.25, 0.3) is 0 Å². The number of pyridine rings is 1. The number of alkyl halides is 3. The van der Waals surface area contributed by atoms with Crippen LogP contribution in [0.5, 0.6) is 11.5 Å². The van der Waals surface area contributed by atoms with Gasteiger partial charge in [-0.1, -0.05) is 36.2 Å². The van der Waals surface area contributed by atoms with Crippen LogP contribution in [0.4, 0.5) is 13.2 Å². The van der Waals surface area contributed by atoms with Crippen LogP contribution in [-0.4, -0.2) is 81.0 Å². The van der Waals surface area contributed by atoms with E-state index in [1.54, 1.807) is 13.8 Å². The molecule has 1 N–H and O–H groups in total. The third-order valence-corrected chi connectivity index (χ3v) is 7.57. The molecule has 1 aromatic heterocycles. The van der Waals surface area contributed by atoms with Gasteiger partial charge in [0.15, 0.2) is 17.2 Å². The van der Waals surface area contributed by atoms with Crippen molar-refractivity contribution >= 4 is 17.8 Å². The fraction of sp³-hybridized carbons (Fsp3) is 0.576. The van der Waals surface area contributed by atoms with Crippen molar-refractivity contribution in [3.05, 3.63) is 53.3 Å². The summed E-state index contributed by atoms with van der Waals surface area (Å²) in [5, 5.41) is 2.67. The molecule has 3 rings (SSSR count). The van der Waals surface area contributed by atoms with E-state index in [1.807, 2.05) is 31.2 Å². The molecule has 14 heteroatoms. The van der Waals surface area contributed by atoms with Crippen LogP contribution in [0.2, 0.25) is 0 Å². The number of rotatable bonds is 15. The molecule has 1 aromatic carbocycles. The van der Waals surface area contributed by atoms with E-state index >= 15 is 0 Å². The van der Waals surface area contributed by atoms with Gasteiger partial charge < -0.3 is 33.7 Å². The number of aromatic nitrogens is 1. The summed E-state index contributed by atoms with van der Waals surface area (Å²) >= 11 is 0. The lowest BCUT2D eigenvalue weighted by Gasteiger charge is -2.31. The molecule has 260 valence electrons. The lowest BCUT2D eigenvalue weighted by molar-refractivity contribution is -0.162. The van der Waals surface area contributed by atoms with Crippen molar-refractivity contribution in [2.75, 3.05) is 33.7 Å². The van der Waals surface area contributed by atoms with Gasteiger partial charge in [-0.15, -0.1) is 0 Å². The normalized spacial score (nSPS) is 20.3. The SMILES string of the molecule is CCOCC(=O)OCOc1c(OC)ccnc1C(=O)NC1CCCC(Cc2ccc(C)cc2)C(OCCCC(F)(F)F)C(C)OC1=O. The second-order valence-corrected chi connectivity index (χ2v) is 11.2. The van der Waals surface area contributed by atoms with Crippen LogP contribution >= 0.6 is 0 Å². The van der Waals surface area contributed by atoms with E-state index < -0.39 is 55.5 Å². The highest BCUT2D eigenvalue weighted by Crippen LogP contribution is 2.31. The number of nitrogens with zero attached hydrogens (tertiary/aromatic N) is 1. The monoisotopic (exact) mass is 668 g/mol. The number of halogens is 3. The van der Waals surface area contributed by atoms with Gasteiger partial charge in [0.25, 0.3) is 5.91 Å². The van der Waals surface area contributed by atoms with E-state index in [0.717, 1.165) is 11.1 Å². The maximum atomic E-state index is 13.4. The Morgan fingerprint density at radius 3 is 2.55 bits per heavy atom. The first-order valence-corrected chi connectivity index (χ1v) is 15.6. The van der Waals surface area contributed by atoms with E-state index in [-0.39, 0.29) is 49.2 Å². The molecule has 0 saturated carbocycles. The Morgan fingerprint density at radius 2 is 1.87 bits per heavy atom. The lowest BCUT2D eigenvalue weighted by Crippen LogP contribution is -2.45. The van der Waals surface area contributed by atoms with Gasteiger partial charge in [0.05, 0.1) is 13.2 Å². The predicted molar refractivity (Wildman–Crippen MR) is 163 cm³/mol. The highest BCUT2D eigenvalue weighted by Gasteiger charge is 2.36. The van der Waals surface area contributed by atoms with E-state index in [4.69, 9.17) is 28.4 Å². The quantitative estimate of drug-likeness (QED) is 0.155. The molecule has 1 amide bonds. The molecule has 0 radical (unpaired) electrons. The van der Waals surface area contributed by atoms with Gasteiger partial charge in [-0.25, -0.2) is 14.6 Å². The highest BCUT2D eigenvalue weighted by atomic mass is 19.4. The van der Waals surface area contributed by atoms with Crippen molar-refractivity contribution in [2.24, 2.45) is 5.92 Å². The van der Waals surface area contributed by atoms with Gasteiger partial charge >= 0.3 is 18.1 Å².